The molecule has 0 aliphatic rings. The molecule has 82 valence electrons. The van der Waals surface area contributed by atoms with Gasteiger partial charge in [-0.1, -0.05) is 11.6 Å². The Labute approximate surface area is 92.6 Å². The zero-order valence-electron chi connectivity index (χ0n) is 7.14. The fraction of sp³-hybridized carbons (Fsp3) is 0.125. The number of primary amides is 1. The van der Waals surface area contributed by atoms with Gasteiger partial charge in [-0.3, -0.25) is 4.79 Å². The Morgan fingerprint density at radius 3 is 2.47 bits per heavy atom. The second-order valence-corrected chi connectivity index (χ2v) is 4.10. The van der Waals surface area contributed by atoms with Crippen molar-refractivity contribution in [3.8, 4) is 0 Å². The van der Waals surface area contributed by atoms with Gasteiger partial charge in [0, 0.05) is 9.92 Å². The van der Waals surface area contributed by atoms with Gasteiger partial charge in [0.2, 0.25) is 5.91 Å². The molecule has 1 amide bonds. The number of halogens is 4. The van der Waals surface area contributed by atoms with E-state index in [0.29, 0.717) is 0 Å². The smallest absolute Gasteiger partial charge is 0.366 e. The van der Waals surface area contributed by atoms with Crippen LogP contribution in [0.15, 0.2) is 23.1 Å². The maximum atomic E-state index is 12.1. The quantitative estimate of drug-likeness (QED) is 0.826. The first-order valence-electron chi connectivity index (χ1n) is 3.65. The average Bonchev–Trinajstić information content (AvgIpc) is 1.99. The Bertz CT molecular complexity index is 394. The molecule has 1 aromatic rings. The van der Waals surface area contributed by atoms with Gasteiger partial charge in [0.1, 0.15) is 0 Å². The molecule has 0 saturated heterocycles. The van der Waals surface area contributed by atoms with Crippen LogP contribution in [0.3, 0.4) is 0 Å². The normalized spacial score (nSPS) is 11.5. The van der Waals surface area contributed by atoms with Crippen LogP contribution >= 0.6 is 23.4 Å². The van der Waals surface area contributed by atoms with Gasteiger partial charge in [-0.15, -0.1) is 0 Å². The lowest BCUT2D eigenvalue weighted by Gasteiger charge is -2.08. The Kier molecular flexibility index (Phi) is 3.51. The van der Waals surface area contributed by atoms with Gasteiger partial charge in [0.15, 0.2) is 0 Å². The molecule has 0 aliphatic carbocycles. The number of carbonyl (C=O) groups is 1. The summed E-state index contributed by atoms with van der Waals surface area (Å²) in [6.45, 7) is 0. The summed E-state index contributed by atoms with van der Waals surface area (Å²) in [5, 5.41) is 0.117. The second-order valence-electron chi connectivity index (χ2n) is 2.55. The van der Waals surface area contributed by atoms with E-state index in [1.165, 1.54) is 12.1 Å². The van der Waals surface area contributed by atoms with Crippen LogP contribution in [-0.2, 0) is 0 Å². The molecule has 0 radical (unpaired) electrons. The lowest BCUT2D eigenvalue weighted by atomic mass is 10.2. The molecule has 2 N–H and O–H groups in total. The van der Waals surface area contributed by atoms with Crippen molar-refractivity contribution in [2.45, 2.75) is 10.4 Å². The van der Waals surface area contributed by atoms with Crippen LogP contribution in [0.5, 0.6) is 0 Å². The third kappa shape index (κ3) is 3.64. The van der Waals surface area contributed by atoms with Gasteiger partial charge in [0.05, 0.1) is 5.56 Å². The number of alkyl halides is 3. The standard InChI is InChI=1S/C8H5ClF3NOS/c9-4-1-2-5(7(13)14)6(3-4)15-8(10,11)12/h1-3H,(H2,13,14). The van der Waals surface area contributed by atoms with E-state index >= 15 is 0 Å². The third-order valence-electron chi connectivity index (χ3n) is 1.43. The number of hydrogen-bond acceptors (Lipinski definition) is 2. The molecule has 0 heterocycles. The average molecular weight is 256 g/mol. The molecular weight excluding hydrogens is 251 g/mol. The molecule has 1 rings (SSSR count). The summed E-state index contributed by atoms with van der Waals surface area (Å²) in [6.07, 6.45) is 0. The van der Waals surface area contributed by atoms with E-state index in [4.69, 9.17) is 17.3 Å². The number of hydrogen-bond donors (Lipinski definition) is 1. The molecule has 1 aromatic carbocycles. The fourth-order valence-electron chi connectivity index (χ4n) is 0.909. The second kappa shape index (κ2) is 4.32. The first kappa shape index (κ1) is 12.2. The first-order chi connectivity index (χ1) is 6.79. The van der Waals surface area contributed by atoms with Gasteiger partial charge >= 0.3 is 5.51 Å². The highest BCUT2D eigenvalue weighted by Crippen LogP contribution is 2.39. The van der Waals surface area contributed by atoms with Crippen molar-refractivity contribution in [3.63, 3.8) is 0 Å². The first-order valence-corrected chi connectivity index (χ1v) is 4.84. The fourth-order valence-corrected chi connectivity index (χ4v) is 1.86. The summed E-state index contributed by atoms with van der Waals surface area (Å²) in [6, 6.07) is 3.53. The summed E-state index contributed by atoms with van der Waals surface area (Å²) < 4.78 is 36.3. The number of carbonyl (C=O) groups excluding carboxylic acids is 1. The monoisotopic (exact) mass is 255 g/mol. The number of nitrogens with two attached hydrogens (primary N) is 1. The molecule has 0 bridgehead atoms. The van der Waals surface area contributed by atoms with Crippen LogP contribution < -0.4 is 5.73 Å². The summed E-state index contributed by atoms with van der Waals surface area (Å²) >= 11 is 5.10. The van der Waals surface area contributed by atoms with E-state index < -0.39 is 23.2 Å². The van der Waals surface area contributed by atoms with Crippen LogP contribution in [0.1, 0.15) is 10.4 Å². The molecule has 2 nitrogen and oxygen atoms in total. The van der Waals surface area contributed by atoms with Crippen LogP contribution in [0.25, 0.3) is 0 Å². The molecule has 0 unspecified atom stereocenters. The van der Waals surface area contributed by atoms with Crippen LogP contribution in [-0.4, -0.2) is 11.4 Å². The highest BCUT2D eigenvalue weighted by atomic mass is 35.5. The summed E-state index contributed by atoms with van der Waals surface area (Å²) in [4.78, 5) is 10.5. The van der Waals surface area contributed by atoms with Gasteiger partial charge in [-0.25, -0.2) is 0 Å². The van der Waals surface area contributed by atoms with Gasteiger partial charge in [0.25, 0.3) is 0 Å². The molecule has 0 aromatic heterocycles. The highest BCUT2D eigenvalue weighted by molar-refractivity contribution is 8.00. The molecule has 0 saturated carbocycles. The minimum Gasteiger partial charge on any atom is -0.366 e. The highest BCUT2D eigenvalue weighted by Gasteiger charge is 2.31. The Balaban J connectivity index is 3.13. The van der Waals surface area contributed by atoms with E-state index in [-0.39, 0.29) is 15.5 Å². The van der Waals surface area contributed by atoms with Crippen molar-refractivity contribution in [2.75, 3.05) is 0 Å². The minimum absolute atomic E-state index is 0.117. The maximum Gasteiger partial charge on any atom is 0.446 e. The molecule has 15 heavy (non-hydrogen) atoms. The van der Waals surface area contributed by atoms with E-state index in [1.807, 2.05) is 0 Å². The minimum atomic E-state index is -4.48. The Morgan fingerprint density at radius 1 is 1.40 bits per heavy atom. The van der Waals surface area contributed by atoms with E-state index in [0.717, 1.165) is 6.07 Å². The van der Waals surface area contributed by atoms with E-state index in [1.54, 1.807) is 0 Å². The van der Waals surface area contributed by atoms with Crippen molar-refractivity contribution in [3.05, 3.63) is 28.8 Å². The summed E-state index contributed by atoms with van der Waals surface area (Å²) in [5.41, 5.74) is 0.251. The molecule has 0 aliphatic heterocycles. The Hall–Kier alpha value is -0.880. The number of rotatable bonds is 2. The van der Waals surface area contributed by atoms with Crippen molar-refractivity contribution in [1.82, 2.24) is 0 Å². The van der Waals surface area contributed by atoms with Crippen molar-refractivity contribution < 1.29 is 18.0 Å². The molecular formula is C8H5ClF3NOS. The lowest BCUT2D eigenvalue weighted by molar-refractivity contribution is -0.0328. The maximum absolute atomic E-state index is 12.1. The zero-order chi connectivity index (χ0) is 11.6. The number of amides is 1. The summed E-state index contributed by atoms with van der Waals surface area (Å²) in [7, 11) is 0. The Morgan fingerprint density at radius 2 is 2.00 bits per heavy atom. The number of thioether (sulfide) groups is 1. The van der Waals surface area contributed by atoms with Gasteiger partial charge in [-0.05, 0) is 30.0 Å². The predicted molar refractivity (Wildman–Crippen MR) is 51.9 cm³/mol. The molecule has 0 spiro atoms. The number of benzene rings is 1. The lowest BCUT2D eigenvalue weighted by Crippen LogP contribution is -2.13. The molecule has 0 fully saturated rings. The van der Waals surface area contributed by atoms with Crippen LogP contribution in [0, 0.1) is 0 Å². The summed E-state index contributed by atoms with van der Waals surface area (Å²) in [5.74, 6) is -0.918. The van der Waals surface area contributed by atoms with Crippen molar-refractivity contribution >= 4 is 29.3 Å². The van der Waals surface area contributed by atoms with Gasteiger partial charge < -0.3 is 5.73 Å². The third-order valence-corrected chi connectivity index (χ3v) is 2.46. The topological polar surface area (TPSA) is 43.1 Å². The predicted octanol–water partition coefficient (Wildman–Crippen LogP) is 3.05. The van der Waals surface area contributed by atoms with Crippen LogP contribution in [0.4, 0.5) is 13.2 Å². The largest absolute Gasteiger partial charge is 0.446 e. The van der Waals surface area contributed by atoms with E-state index in [2.05, 4.69) is 0 Å². The van der Waals surface area contributed by atoms with Crippen molar-refractivity contribution in [2.24, 2.45) is 5.73 Å². The van der Waals surface area contributed by atoms with Crippen LogP contribution in [0.2, 0.25) is 5.02 Å². The van der Waals surface area contributed by atoms with Gasteiger partial charge in [-0.2, -0.15) is 13.2 Å². The molecule has 7 heteroatoms. The molecule has 0 atom stereocenters. The SMILES string of the molecule is NC(=O)c1ccc(Cl)cc1SC(F)(F)F. The zero-order valence-corrected chi connectivity index (χ0v) is 8.71. The van der Waals surface area contributed by atoms with Crippen molar-refractivity contribution in [1.29, 1.82) is 0 Å². The van der Waals surface area contributed by atoms with E-state index in [9.17, 15) is 18.0 Å².